The Labute approximate surface area is 96.3 Å². The molecule has 1 fully saturated rings. The summed E-state index contributed by atoms with van der Waals surface area (Å²) in [5.41, 5.74) is 2.25. The van der Waals surface area contributed by atoms with Gasteiger partial charge in [0.05, 0.1) is 19.8 Å². The van der Waals surface area contributed by atoms with E-state index in [4.69, 9.17) is 14.2 Å². The lowest BCUT2D eigenvalue weighted by molar-refractivity contribution is -0.0445. The number of hydrogen-bond acceptors (Lipinski definition) is 3. The minimum atomic E-state index is -0.194. The zero-order valence-corrected chi connectivity index (χ0v) is 9.86. The predicted molar refractivity (Wildman–Crippen MR) is 61.6 cm³/mol. The number of rotatable bonds is 4. The average molecular weight is 222 g/mol. The maximum Gasteiger partial charge on any atom is 0.184 e. The van der Waals surface area contributed by atoms with E-state index in [9.17, 15) is 0 Å². The molecule has 0 radical (unpaired) electrons. The van der Waals surface area contributed by atoms with Crippen LogP contribution in [0, 0.1) is 6.92 Å². The van der Waals surface area contributed by atoms with Crippen molar-refractivity contribution in [3.05, 3.63) is 29.3 Å². The first-order valence-electron chi connectivity index (χ1n) is 5.78. The molecule has 1 aromatic carbocycles. The monoisotopic (exact) mass is 222 g/mol. The van der Waals surface area contributed by atoms with Crippen molar-refractivity contribution in [1.29, 1.82) is 0 Å². The molecular weight excluding hydrogens is 204 g/mol. The summed E-state index contributed by atoms with van der Waals surface area (Å²) in [5, 5.41) is 0. The summed E-state index contributed by atoms with van der Waals surface area (Å²) in [6.07, 6.45) is 0.829. The number of ether oxygens (including phenoxy) is 3. The summed E-state index contributed by atoms with van der Waals surface area (Å²) < 4.78 is 16.5. The molecule has 0 aromatic heterocycles. The molecule has 0 unspecified atom stereocenters. The van der Waals surface area contributed by atoms with Gasteiger partial charge in [-0.2, -0.15) is 0 Å². The van der Waals surface area contributed by atoms with Gasteiger partial charge < -0.3 is 14.2 Å². The lowest BCUT2D eigenvalue weighted by Gasteiger charge is -2.13. The lowest BCUT2D eigenvalue weighted by Crippen LogP contribution is -2.02. The maximum atomic E-state index is 5.57. The molecule has 3 nitrogen and oxygen atoms in total. The van der Waals surface area contributed by atoms with Crippen molar-refractivity contribution < 1.29 is 14.2 Å². The van der Waals surface area contributed by atoms with Gasteiger partial charge in [0, 0.05) is 5.56 Å². The minimum absolute atomic E-state index is 0.194. The fourth-order valence-electron chi connectivity index (χ4n) is 1.76. The molecule has 0 N–H and O–H groups in total. The largest absolute Gasteiger partial charge is 0.494 e. The van der Waals surface area contributed by atoms with E-state index in [1.165, 1.54) is 0 Å². The first-order chi connectivity index (χ1) is 7.81. The average Bonchev–Trinajstić information content (AvgIpc) is 2.80. The van der Waals surface area contributed by atoms with Crippen LogP contribution in [-0.2, 0) is 9.47 Å². The summed E-state index contributed by atoms with van der Waals surface area (Å²) in [6.45, 7) is 6.27. The summed E-state index contributed by atoms with van der Waals surface area (Å²) in [5.74, 6) is 0.918. The van der Waals surface area contributed by atoms with Crippen LogP contribution in [0.2, 0.25) is 0 Å². The molecule has 0 bridgehead atoms. The molecule has 1 aliphatic rings. The van der Waals surface area contributed by atoms with Gasteiger partial charge in [-0.05, 0) is 31.0 Å². The van der Waals surface area contributed by atoms with Crippen LogP contribution >= 0.6 is 0 Å². The van der Waals surface area contributed by atoms with Gasteiger partial charge in [0.25, 0.3) is 0 Å². The Bertz CT molecular complexity index is 343. The molecule has 1 aromatic rings. The van der Waals surface area contributed by atoms with E-state index in [-0.39, 0.29) is 6.29 Å². The van der Waals surface area contributed by atoms with Crippen LogP contribution in [0.4, 0.5) is 0 Å². The van der Waals surface area contributed by atoms with Crippen LogP contribution < -0.4 is 4.74 Å². The Morgan fingerprint density at radius 2 is 2.06 bits per heavy atom. The highest BCUT2D eigenvalue weighted by molar-refractivity contribution is 5.35. The molecule has 1 aliphatic heterocycles. The third kappa shape index (κ3) is 2.54. The van der Waals surface area contributed by atoms with Crippen molar-refractivity contribution in [2.24, 2.45) is 0 Å². The van der Waals surface area contributed by atoms with E-state index >= 15 is 0 Å². The van der Waals surface area contributed by atoms with Gasteiger partial charge >= 0.3 is 0 Å². The summed E-state index contributed by atoms with van der Waals surface area (Å²) in [7, 11) is 0. The maximum absolute atomic E-state index is 5.57. The summed E-state index contributed by atoms with van der Waals surface area (Å²) in [4.78, 5) is 0. The van der Waals surface area contributed by atoms with Gasteiger partial charge in [-0.15, -0.1) is 0 Å². The molecular formula is C13H18O3. The Kier molecular flexibility index (Phi) is 3.80. The van der Waals surface area contributed by atoms with Crippen LogP contribution in [0.25, 0.3) is 0 Å². The van der Waals surface area contributed by atoms with Gasteiger partial charge in [0.15, 0.2) is 6.29 Å². The Morgan fingerprint density at radius 1 is 1.31 bits per heavy atom. The predicted octanol–water partition coefficient (Wildman–Crippen LogP) is 2.83. The molecule has 0 amide bonds. The Morgan fingerprint density at radius 3 is 2.69 bits per heavy atom. The van der Waals surface area contributed by atoms with Gasteiger partial charge in [0.1, 0.15) is 5.75 Å². The van der Waals surface area contributed by atoms with Gasteiger partial charge in [-0.1, -0.05) is 13.0 Å². The fraction of sp³-hybridized carbons (Fsp3) is 0.538. The van der Waals surface area contributed by atoms with Crippen molar-refractivity contribution in [2.75, 3.05) is 19.8 Å². The molecule has 0 spiro atoms. The number of aryl methyl sites for hydroxylation is 1. The van der Waals surface area contributed by atoms with E-state index in [2.05, 4.69) is 13.8 Å². The van der Waals surface area contributed by atoms with Crippen LogP contribution in [0.1, 0.15) is 30.8 Å². The van der Waals surface area contributed by atoms with E-state index in [0.29, 0.717) is 13.2 Å². The van der Waals surface area contributed by atoms with Crippen molar-refractivity contribution in [1.82, 2.24) is 0 Å². The smallest absolute Gasteiger partial charge is 0.184 e. The second-order valence-electron chi connectivity index (χ2n) is 3.94. The highest BCUT2D eigenvalue weighted by atomic mass is 16.7. The second-order valence-corrected chi connectivity index (χ2v) is 3.94. The van der Waals surface area contributed by atoms with Gasteiger partial charge in [-0.3, -0.25) is 0 Å². The number of hydrogen-bond donors (Lipinski definition) is 0. The van der Waals surface area contributed by atoms with E-state index < -0.39 is 0 Å². The van der Waals surface area contributed by atoms with Crippen LogP contribution in [-0.4, -0.2) is 19.8 Å². The van der Waals surface area contributed by atoms with Crippen LogP contribution in [0.3, 0.4) is 0 Å². The third-order valence-electron chi connectivity index (χ3n) is 2.59. The molecule has 2 rings (SSSR count). The zero-order valence-electron chi connectivity index (χ0n) is 9.86. The van der Waals surface area contributed by atoms with Gasteiger partial charge in [0.2, 0.25) is 0 Å². The SMILES string of the molecule is CCCOc1ccc(C2OCCO2)c(C)c1. The molecule has 0 atom stereocenters. The summed E-state index contributed by atoms with van der Waals surface area (Å²) >= 11 is 0. The number of benzene rings is 1. The molecule has 16 heavy (non-hydrogen) atoms. The quantitative estimate of drug-likeness (QED) is 0.784. The second kappa shape index (κ2) is 5.32. The third-order valence-corrected chi connectivity index (χ3v) is 2.59. The highest BCUT2D eigenvalue weighted by Crippen LogP contribution is 2.28. The van der Waals surface area contributed by atoms with Crippen LogP contribution in [0.15, 0.2) is 18.2 Å². The Hall–Kier alpha value is -1.06. The van der Waals surface area contributed by atoms with Crippen LogP contribution in [0.5, 0.6) is 5.75 Å². The van der Waals surface area contributed by atoms with Gasteiger partial charge in [-0.25, -0.2) is 0 Å². The Balaban J connectivity index is 2.09. The minimum Gasteiger partial charge on any atom is -0.494 e. The van der Waals surface area contributed by atoms with E-state index in [1.54, 1.807) is 0 Å². The topological polar surface area (TPSA) is 27.7 Å². The molecule has 0 aliphatic carbocycles. The first kappa shape index (κ1) is 11.4. The summed E-state index contributed by atoms with van der Waals surface area (Å²) in [6, 6.07) is 6.04. The van der Waals surface area contributed by atoms with E-state index in [0.717, 1.165) is 29.9 Å². The molecule has 88 valence electrons. The molecule has 3 heteroatoms. The molecule has 1 heterocycles. The van der Waals surface area contributed by atoms with Crippen molar-refractivity contribution in [2.45, 2.75) is 26.6 Å². The van der Waals surface area contributed by atoms with Crippen molar-refractivity contribution in [3.8, 4) is 5.75 Å². The molecule has 0 saturated carbocycles. The fourth-order valence-corrected chi connectivity index (χ4v) is 1.76. The van der Waals surface area contributed by atoms with Crippen molar-refractivity contribution >= 4 is 0 Å². The van der Waals surface area contributed by atoms with Crippen molar-refractivity contribution in [3.63, 3.8) is 0 Å². The molecule has 1 saturated heterocycles. The zero-order chi connectivity index (χ0) is 11.4. The normalized spacial score (nSPS) is 16.6. The first-order valence-corrected chi connectivity index (χ1v) is 5.78. The lowest BCUT2D eigenvalue weighted by atomic mass is 10.1. The standard InChI is InChI=1S/C13H18O3/c1-3-6-14-11-4-5-12(10(2)9-11)13-15-7-8-16-13/h4-5,9,13H,3,6-8H2,1-2H3. The highest BCUT2D eigenvalue weighted by Gasteiger charge is 2.20. The van der Waals surface area contributed by atoms with E-state index in [1.807, 2.05) is 18.2 Å².